The van der Waals surface area contributed by atoms with Crippen LogP contribution in [0.25, 0.3) is 11.1 Å². The lowest BCUT2D eigenvalue weighted by Gasteiger charge is -2.16. The van der Waals surface area contributed by atoms with Crippen molar-refractivity contribution in [2.24, 2.45) is 0 Å². The van der Waals surface area contributed by atoms with Crippen molar-refractivity contribution in [3.8, 4) is 0 Å². The molecule has 2 heterocycles. The van der Waals surface area contributed by atoms with Crippen LogP contribution in [0.4, 0.5) is 0 Å². The van der Waals surface area contributed by atoms with E-state index >= 15 is 0 Å². The number of amides is 1. The summed E-state index contributed by atoms with van der Waals surface area (Å²) in [6.45, 7) is 1.66. The van der Waals surface area contributed by atoms with Crippen molar-refractivity contribution in [1.29, 1.82) is 0 Å². The Bertz CT molecular complexity index is 814. The first-order valence-corrected chi connectivity index (χ1v) is 7.35. The minimum Gasteiger partial charge on any atom is -0.394 e. The van der Waals surface area contributed by atoms with Crippen molar-refractivity contribution in [2.45, 2.75) is 19.4 Å². The fraction of sp³-hybridized carbons (Fsp3) is 0.235. The van der Waals surface area contributed by atoms with E-state index < -0.39 is 0 Å². The normalized spacial score (nSPS) is 12.3. The molecule has 0 aliphatic rings. The smallest absolute Gasteiger partial charge is 0.257 e. The molecule has 23 heavy (non-hydrogen) atoms. The number of fused-ring (bicyclic) bond motifs is 1. The second-order valence-electron chi connectivity index (χ2n) is 5.39. The number of nitrogens with one attached hydrogen (secondary N) is 1. The van der Waals surface area contributed by atoms with Gasteiger partial charge < -0.3 is 14.9 Å². The molecule has 2 aromatic heterocycles. The molecule has 0 bridgehead atoms. The Morgan fingerprint density at radius 2 is 2.13 bits per heavy atom. The molecule has 3 aromatic rings. The fourth-order valence-electron chi connectivity index (χ4n) is 2.40. The first-order chi connectivity index (χ1) is 11.2. The molecule has 0 saturated carbocycles. The number of carbonyl (C=O) groups excluding carboxylic acids is 1. The van der Waals surface area contributed by atoms with Crippen molar-refractivity contribution in [3.05, 3.63) is 59.4 Å². The molecule has 1 unspecified atom stereocenters. The van der Waals surface area contributed by atoms with Crippen molar-refractivity contribution >= 4 is 17.0 Å². The summed E-state index contributed by atoms with van der Waals surface area (Å²) in [6.07, 6.45) is 2.00. The van der Waals surface area contributed by atoms with Crippen molar-refractivity contribution in [3.63, 3.8) is 0 Å². The number of hydrogen-bond donors (Lipinski definition) is 2. The van der Waals surface area contributed by atoms with Crippen LogP contribution in [0.3, 0.4) is 0 Å². The zero-order valence-electron chi connectivity index (χ0n) is 12.7. The number of pyridine rings is 1. The van der Waals surface area contributed by atoms with Gasteiger partial charge in [-0.25, -0.2) is 4.98 Å². The molecule has 0 aliphatic heterocycles. The molecule has 0 aliphatic carbocycles. The number of aromatic nitrogens is 2. The monoisotopic (exact) mass is 311 g/mol. The van der Waals surface area contributed by atoms with E-state index in [9.17, 15) is 9.90 Å². The minimum absolute atomic E-state index is 0.136. The molecule has 0 saturated heterocycles. The number of hydrogen-bond acceptors (Lipinski definition) is 5. The number of aryl methyl sites for hydroxylation is 1. The number of carbonyl (C=O) groups is 1. The van der Waals surface area contributed by atoms with E-state index in [1.807, 2.05) is 30.3 Å². The second kappa shape index (κ2) is 6.58. The Morgan fingerprint density at radius 1 is 1.35 bits per heavy atom. The highest BCUT2D eigenvalue weighted by Gasteiger charge is 2.16. The summed E-state index contributed by atoms with van der Waals surface area (Å²) in [5.41, 5.74) is 2.55. The first kappa shape index (κ1) is 15.2. The SMILES string of the molecule is Cc1noc2ncc(C(=O)NC(CO)Cc3ccccc3)cc12. The van der Waals surface area contributed by atoms with Gasteiger partial charge in [0.15, 0.2) is 0 Å². The number of aliphatic hydroxyl groups is 1. The molecular weight excluding hydrogens is 294 g/mol. The molecule has 118 valence electrons. The quantitative estimate of drug-likeness (QED) is 0.751. The van der Waals surface area contributed by atoms with Gasteiger partial charge in [-0.2, -0.15) is 0 Å². The van der Waals surface area contributed by atoms with Gasteiger partial charge in [-0.15, -0.1) is 0 Å². The van der Waals surface area contributed by atoms with Gasteiger partial charge in [0.2, 0.25) is 0 Å². The van der Waals surface area contributed by atoms with Gasteiger partial charge in [-0.05, 0) is 25.0 Å². The molecule has 0 fully saturated rings. The number of nitrogens with zero attached hydrogens (tertiary/aromatic N) is 2. The molecule has 1 atom stereocenters. The van der Waals surface area contributed by atoms with Crippen LogP contribution in [0.1, 0.15) is 21.6 Å². The standard InChI is InChI=1S/C17H17N3O3/c1-11-15-8-13(9-18-17(15)23-20-11)16(22)19-14(10-21)7-12-5-3-2-4-6-12/h2-6,8-9,14,21H,7,10H2,1H3,(H,19,22). The molecule has 1 amide bonds. The van der Waals surface area contributed by atoms with Gasteiger partial charge in [-0.3, -0.25) is 4.79 Å². The maximum Gasteiger partial charge on any atom is 0.257 e. The van der Waals surface area contributed by atoms with Crippen LogP contribution in [0.2, 0.25) is 0 Å². The van der Waals surface area contributed by atoms with Gasteiger partial charge >= 0.3 is 0 Å². The summed E-state index contributed by atoms with van der Waals surface area (Å²) in [5, 5.41) is 16.9. The Kier molecular flexibility index (Phi) is 4.34. The van der Waals surface area contributed by atoms with Crippen LogP contribution in [0, 0.1) is 6.92 Å². The van der Waals surface area contributed by atoms with E-state index in [4.69, 9.17) is 4.52 Å². The van der Waals surface area contributed by atoms with Crippen molar-refractivity contribution < 1.29 is 14.4 Å². The highest BCUT2D eigenvalue weighted by Crippen LogP contribution is 2.16. The second-order valence-corrected chi connectivity index (χ2v) is 5.39. The van der Waals surface area contributed by atoms with E-state index in [1.54, 1.807) is 13.0 Å². The molecule has 0 radical (unpaired) electrons. The van der Waals surface area contributed by atoms with Gasteiger partial charge in [0, 0.05) is 6.20 Å². The van der Waals surface area contributed by atoms with Crippen LogP contribution in [0.15, 0.2) is 47.1 Å². The number of rotatable bonds is 5. The Hall–Kier alpha value is -2.73. The third kappa shape index (κ3) is 3.37. The summed E-state index contributed by atoms with van der Waals surface area (Å²) in [7, 11) is 0. The number of benzene rings is 1. The zero-order chi connectivity index (χ0) is 16.2. The van der Waals surface area contributed by atoms with Gasteiger partial charge in [0.1, 0.15) is 0 Å². The summed E-state index contributed by atoms with van der Waals surface area (Å²) in [6, 6.07) is 11.0. The Morgan fingerprint density at radius 3 is 2.87 bits per heavy atom. The molecule has 0 spiro atoms. The van der Waals surface area contributed by atoms with Crippen LogP contribution < -0.4 is 5.32 Å². The molecular formula is C17H17N3O3. The predicted octanol–water partition coefficient (Wildman–Crippen LogP) is 1.86. The van der Waals surface area contributed by atoms with E-state index in [0.717, 1.165) is 5.56 Å². The van der Waals surface area contributed by atoms with Crippen molar-refractivity contribution in [2.75, 3.05) is 6.61 Å². The number of aliphatic hydroxyl groups excluding tert-OH is 1. The topological polar surface area (TPSA) is 88.2 Å². The van der Waals surface area contributed by atoms with E-state index in [1.165, 1.54) is 6.20 Å². The fourth-order valence-corrected chi connectivity index (χ4v) is 2.40. The third-order valence-electron chi connectivity index (χ3n) is 3.65. The zero-order valence-corrected chi connectivity index (χ0v) is 12.7. The summed E-state index contributed by atoms with van der Waals surface area (Å²) in [5.74, 6) is -0.282. The molecule has 2 N–H and O–H groups in total. The van der Waals surface area contributed by atoms with Crippen LogP contribution in [0.5, 0.6) is 0 Å². The lowest BCUT2D eigenvalue weighted by molar-refractivity contribution is 0.0916. The highest BCUT2D eigenvalue weighted by atomic mass is 16.5. The van der Waals surface area contributed by atoms with Crippen LogP contribution in [-0.4, -0.2) is 33.8 Å². The Labute approximate surface area is 133 Å². The molecule has 6 nitrogen and oxygen atoms in total. The van der Waals surface area contributed by atoms with E-state index in [0.29, 0.717) is 28.8 Å². The van der Waals surface area contributed by atoms with Crippen LogP contribution >= 0.6 is 0 Å². The average molecular weight is 311 g/mol. The van der Waals surface area contributed by atoms with Crippen molar-refractivity contribution in [1.82, 2.24) is 15.5 Å². The van der Waals surface area contributed by atoms with Crippen LogP contribution in [-0.2, 0) is 6.42 Å². The van der Waals surface area contributed by atoms with Gasteiger partial charge in [0.05, 0.1) is 29.3 Å². The minimum atomic E-state index is -0.357. The first-order valence-electron chi connectivity index (χ1n) is 7.35. The summed E-state index contributed by atoms with van der Waals surface area (Å²) >= 11 is 0. The predicted molar refractivity (Wildman–Crippen MR) is 85.0 cm³/mol. The lowest BCUT2D eigenvalue weighted by atomic mass is 10.1. The molecule has 1 aromatic carbocycles. The van der Waals surface area contributed by atoms with E-state index in [2.05, 4.69) is 15.5 Å². The molecule has 6 heteroatoms. The third-order valence-corrected chi connectivity index (χ3v) is 3.65. The van der Waals surface area contributed by atoms with Gasteiger partial charge in [0.25, 0.3) is 11.6 Å². The summed E-state index contributed by atoms with van der Waals surface area (Å²) in [4.78, 5) is 16.5. The lowest BCUT2D eigenvalue weighted by Crippen LogP contribution is -2.39. The largest absolute Gasteiger partial charge is 0.394 e. The average Bonchev–Trinajstić information content (AvgIpc) is 2.95. The highest BCUT2D eigenvalue weighted by molar-refractivity contribution is 5.97. The maximum atomic E-state index is 12.4. The van der Waals surface area contributed by atoms with E-state index in [-0.39, 0.29) is 18.6 Å². The summed E-state index contributed by atoms with van der Waals surface area (Å²) < 4.78 is 5.03. The van der Waals surface area contributed by atoms with Gasteiger partial charge in [-0.1, -0.05) is 35.5 Å². The maximum absolute atomic E-state index is 12.4. The molecule has 3 rings (SSSR count). The Balaban J connectivity index is 1.74.